The predicted octanol–water partition coefficient (Wildman–Crippen LogP) is 1.13. The number of hydrogen-bond acceptors (Lipinski definition) is 1. The molecule has 0 aromatic carbocycles. The van der Waals surface area contributed by atoms with E-state index in [-0.39, 0.29) is 0 Å². The fourth-order valence-electron chi connectivity index (χ4n) is 1.16. The molecular formula is C9H11NO. The van der Waals surface area contributed by atoms with Crippen molar-refractivity contribution in [3.63, 3.8) is 0 Å². The minimum absolute atomic E-state index is 0.675. The molecule has 1 heterocycles. The molecule has 58 valence electrons. The van der Waals surface area contributed by atoms with Crippen molar-refractivity contribution in [3.05, 3.63) is 36.5 Å². The van der Waals surface area contributed by atoms with Crippen molar-refractivity contribution in [3.8, 4) is 0 Å². The van der Waals surface area contributed by atoms with E-state index in [1.807, 2.05) is 0 Å². The van der Waals surface area contributed by atoms with Crippen molar-refractivity contribution >= 4 is 6.41 Å². The van der Waals surface area contributed by atoms with Crippen molar-refractivity contribution in [2.45, 2.75) is 0 Å². The largest absolute Gasteiger partial charge is 0.337 e. The highest BCUT2D eigenvalue weighted by atomic mass is 16.1. The third-order valence-corrected chi connectivity index (χ3v) is 1.80. The van der Waals surface area contributed by atoms with Crippen LogP contribution in [0, 0.1) is 0 Å². The number of carbonyl (C=O) groups is 1. The van der Waals surface area contributed by atoms with Crippen LogP contribution < -0.4 is 0 Å². The first-order valence-electron chi connectivity index (χ1n) is 3.48. The Labute approximate surface area is 66.5 Å². The van der Waals surface area contributed by atoms with Gasteiger partial charge in [-0.25, -0.2) is 0 Å². The second kappa shape index (κ2) is 3.19. The van der Waals surface area contributed by atoms with Crippen LogP contribution in [-0.2, 0) is 4.79 Å². The number of rotatable bonds is 3. The van der Waals surface area contributed by atoms with E-state index in [4.69, 9.17) is 0 Å². The summed E-state index contributed by atoms with van der Waals surface area (Å²) in [5.74, 6) is 0. The lowest BCUT2D eigenvalue weighted by atomic mass is 10.1. The quantitative estimate of drug-likeness (QED) is 0.551. The van der Waals surface area contributed by atoms with Gasteiger partial charge in [-0.1, -0.05) is 25.3 Å². The lowest BCUT2D eigenvalue weighted by Gasteiger charge is -2.06. The molecule has 11 heavy (non-hydrogen) atoms. The first-order valence-corrected chi connectivity index (χ1v) is 3.48. The molecule has 1 rings (SSSR count). The van der Waals surface area contributed by atoms with Crippen LogP contribution in [0.2, 0.25) is 0 Å². The Bertz CT molecular complexity index is 208. The molecule has 1 aliphatic rings. The Morgan fingerprint density at radius 1 is 1.18 bits per heavy atom. The maximum absolute atomic E-state index is 10.4. The Kier molecular flexibility index (Phi) is 2.26. The van der Waals surface area contributed by atoms with Gasteiger partial charge in [-0.3, -0.25) is 4.79 Å². The Morgan fingerprint density at radius 2 is 1.64 bits per heavy atom. The van der Waals surface area contributed by atoms with E-state index in [0.29, 0.717) is 13.1 Å². The van der Waals surface area contributed by atoms with Crippen LogP contribution in [-0.4, -0.2) is 24.4 Å². The monoisotopic (exact) mass is 149 g/mol. The van der Waals surface area contributed by atoms with Crippen LogP contribution in [0.1, 0.15) is 0 Å². The van der Waals surface area contributed by atoms with Crippen LogP contribution in [0.3, 0.4) is 0 Å². The third kappa shape index (κ3) is 1.40. The minimum Gasteiger partial charge on any atom is -0.337 e. The molecule has 0 fully saturated rings. The zero-order valence-electron chi connectivity index (χ0n) is 6.42. The number of amides is 1. The molecule has 2 heteroatoms. The van der Waals surface area contributed by atoms with Crippen LogP contribution in [0.5, 0.6) is 0 Å². The standard InChI is InChI=1S/C9H11NO/c1-3-8-5-10(7-11)6-9(8)4-2/h3-4,7H,1-2,5-6H2. The van der Waals surface area contributed by atoms with Crippen molar-refractivity contribution < 1.29 is 4.79 Å². The second-order valence-corrected chi connectivity index (χ2v) is 2.47. The predicted molar refractivity (Wildman–Crippen MR) is 45.1 cm³/mol. The zero-order valence-corrected chi connectivity index (χ0v) is 6.42. The summed E-state index contributed by atoms with van der Waals surface area (Å²) in [6, 6.07) is 0. The lowest BCUT2D eigenvalue weighted by molar-refractivity contribution is -0.117. The molecule has 0 saturated carbocycles. The lowest BCUT2D eigenvalue weighted by Crippen LogP contribution is -2.18. The van der Waals surface area contributed by atoms with Crippen LogP contribution in [0.25, 0.3) is 0 Å². The van der Waals surface area contributed by atoms with Gasteiger partial charge in [0.05, 0.1) is 0 Å². The first kappa shape index (κ1) is 7.79. The first-order chi connectivity index (χ1) is 5.31. The molecule has 0 bridgehead atoms. The van der Waals surface area contributed by atoms with Gasteiger partial charge in [-0.15, -0.1) is 0 Å². The van der Waals surface area contributed by atoms with Crippen molar-refractivity contribution in [2.75, 3.05) is 13.1 Å². The van der Waals surface area contributed by atoms with Crippen molar-refractivity contribution in [1.29, 1.82) is 0 Å². The maximum Gasteiger partial charge on any atom is 0.210 e. The van der Waals surface area contributed by atoms with E-state index in [9.17, 15) is 4.79 Å². The molecule has 0 aliphatic carbocycles. The molecule has 1 aliphatic heterocycles. The smallest absolute Gasteiger partial charge is 0.210 e. The average molecular weight is 149 g/mol. The van der Waals surface area contributed by atoms with E-state index in [0.717, 1.165) is 17.6 Å². The molecule has 0 aromatic heterocycles. The van der Waals surface area contributed by atoms with Gasteiger partial charge >= 0.3 is 0 Å². The van der Waals surface area contributed by atoms with E-state index < -0.39 is 0 Å². The molecule has 0 N–H and O–H groups in total. The summed E-state index contributed by atoms with van der Waals surface area (Å²) in [7, 11) is 0. The second-order valence-electron chi connectivity index (χ2n) is 2.47. The van der Waals surface area contributed by atoms with E-state index in [2.05, 4.69) is 13.2 Å². The van der Waals surface area contributed by atoms with Crippen molar-refractivity contribution in [1.82, 2.24) is 4.90 Å². The Morgan fingerprint density at radius 3 is 1.91 bits per heavy atom. The molecule has 0 saturated heterocycles. The molecule has 0 radical (unpaired) electrons. The summed E-state index contributed by atoms with van der Waals surface area (Å²) < 4.78 is 0. The molecule has 1 amide bonds. The van der Waals surface area contributed by atoms with Gasteiger partial charge in [0, 0.05) is 13.1 Å². The van der Waals surface area contributed by atoms with E-state index >= 15 is 0 Å². The molecule has 2 nitrogen and oxygen atoms in total. The number of hydrogen-bond donors (Lipinski definition) is 0. The highest BCUT2D eigenvalue weighted by Gasteiger charge is 2.15. The summed E-state index contributed by atoms with van der Waals surface area (Å²) in [5, 5.41) is 0. The van der Waals surface area contributed by atoms with Crippen molar-refractivity contribution in [2.24, 2.45) is 0 Å². The minimum atomic E-state index is 0.675. The SMILES string of the molecule is C=CC1=C(C=C)CN(C=O)C1. The summed E-state index contributed by atoms with van der Waals surface area (Å²) in [6.45, 7) is 8.67. The van der Waals surface area contributed by atoms with Crippen LogP contribution in [0.15, 0.2) is 36.5 Å². The highest BCUT2D eigenvalue weighted by Crippen LogP contribution is 2.16. The molecular weight excluding hydrogens is 138 g/mol. The fourth-order valence-corrected chi connectivity index (χ4v) is 1.16. The summed E-state index contributed by atoms with van der Waals surface area (Å²) in [6.07, 6.45) is 4.40. The maximum atomic E-state index is 10.4. The molecule has 0 unspecified atom stereocenters. The summed E-state index contributed by atoms with van der Waals surface area (Å²) in [5.41, 5.74) is 2.21. The molecule has 0 aromatic rings. The van der Waals surface area contributed by atoms with Crippen LogP contribution >= 0.6 is 0 Å². The Balaban J connectivity index is 2.78. The fraction of sp³-hybridized carbons (Fsp3) is 0.222. The van der Waals surface area contributed by atoms with E-state index in [1.54, 1.807) is 17.1 Å². The van der Waals surface area contributed by atoms with Gasteiger partial charge in [0.25, 0.3) is 0 Å². The highest BCUT2D eigenvalue weighted by molar-refractivity contribution is 5.54. The van der Waals surface area contributed by atoms with Gasteiger partial charge in [-0.05, 0) is 11.1 Å². The van der Waals surface area contributed by atoms with Gasteiger partial charge in [0.1, 0.15) is 0 Å². The van der Waals surface area contributed by atoms with E-state index in [1.165, 1.54) is 0 Å². The van der Waals surface area contributed by atoms with Crippen LogP contribution in [0.4, 0.5) is 0 Å². The average Bonchev–Trinajstić information content (AvgIpc) is 2.46. The van der Waals surface area contributed by atoms with Gasteiger partial charge < -0.3 is 4.90 Å². The topological polar surface area (TPSA) is 20.3 Å². The summed E-state index contributed by atoms with van der Waals surface area (Å²) in [4.78, 5) is 12.0. The number of nitrogens with zero attached hydrogens (tertiary/aromatic N) is 1. The van der Waals surface area contributed by atoms with Gasteiger partial charge in [0.15, 0.2) is 0 Å². The summed E-state index contributed by atoms with van der Waals surface area (Å²) >= 11 is 0. The molecule has 0 atom stereocenters. The van der Waals surface area contributed by atoms with Gasteiger partial charge in [0.2, 0.25) is 6.41 Å². The third-order valence-electron chi connectivity index (χ3n) is 1.80. The Hall–Kier alpha value is -1.31. The van der Waals surface area contributed by atoms with Gasteiger partial charge in [-0.2, -0.15) is 0 Å². The molecule has 0 spiro atoms. The zero-order chi connectivity index (χ0) is 8.27. The normalized spacial score (nSPS) is 16.9. The number of carbonyl (C=O) groups excluding carboxylic acids is 1.